The Hall–Kier alpha value is -4.80. The van der Waals surface area contributed by atoms with Crippen LogP contribution in [0.2, 0.25) is 0 Å². The Bertz CT molecular complexity index is 1650. The van der Waals surface area contributed by atoms with Gasteiger partial charge in [0.25, 0.3) is 0 Å². The van der Waals surface area contributed by atoms with Crippen LogP contribution >= 0.6 is 15.8 Å². The number of carbonyl (C=O) groups is 1. The fraction of sp³-hybridized carbons (Fsp3) is 0.0435. The van der Waals surface area contributed by atoms with E-state index in [1.54, 1.807) is 25.1 Å². The topological polar surface area (TPSA) is 35.5 Å². The Kier molecular flexibility index (Phi) is 17.6. The van der Waals surface area contributed by atoms with Crippen LogP contribution in [0, 0.1) is 12.7 Å². The van der Waals surface area contributed by atoms with Crippen molar-refractivity contribution in [2.24, 2.45) is 0 Å². The molecule has 0 aromatic heterocycles. The predicted molar refractivity (Wildman–Crippen MR) is 217 cm³/mol. The summed E-state index contributed by atoms with van der Waals surface area (Å²) in [5.41, 5.74) is 0. The third kappa shape index (κ3) is 12.8. The number of esters is 1. The Morgan fingerprint density at radius 1 is 0.481 bits per heavy atom. The van der Waals surface area contributed by atoms with Gasteiger partial charge in [-0.15, -0.1) is 18.7 Å². The molecule has 0 unspecified atom stereocenters. The average molecular weight is 809 g/mol. The van der Waals surface area contributed by atoms with Crippen LogP contribution in [-0.2, 0) is 30.0 Å². The zero-order chi connectivity index (χ0) is 35.4. The minimum absolute atomic E-state index is 0. The second kappa shape index (κ2) is 22.9. The summed E-state index contributed by atoms with van der Waals surface area (Å²) in [6.07, 6.45) is 0. The van der Waals surface area contributed by atoms with E-state index in [1.807, 2.05) is 6.07 Å². The average Bonchev–Trinajstić information content (AvgIpc) is 3.21. The smallest absolute Gasteiger partial charge is 0.650 e. The number of hydrogen-bond donors (Lipinski definition) is 0. The summed E-state index contributed by atoms with van der Waals surface area (Å²) in [5, 5.41) is 8.39. The van der Waals surface area contributed by atoms with E-state index in [2.05, 4.69) is 193 Å². The van der Waals surface area contributed by atoms with Crippen LogP contribution in [0.3, 0.4) is 0 Å². The minimum Gasteiger partial charge on any atom is -0.650 e. The van der Waals surface area contributed by atoms with Crippen molar-refractivity contribution in [2.75, 3.05) is 6.61 Å². The Morgan fingerprint density at radius 3 is 1.02 bits per heavy atom. The van der Waals surface area contributed by atoms with Crippen molar-refractivity contribution < 1.29 is 34.7 Å². The van der Waals surface area contributed by atoms with E-state index in [-0.39, 0.29) is 20.4 Å². The number of hydrogen-bond acceptors (Lipinski definition) is 3. The van der Waals surface area contributed by atoms with E-state index in [0.29, 0.717) is 12.4 Å². The summed E-state index contributed by atoms with van der Waals surface area (Å²) in [7, 11) is -0.892. The first-order valence-electron chi connectivity index (χ1n) is 16.8. The normalized spacial score (nSPS) is 9.98. The molecule has 7 aromatic rings. The van der Waals surface area contributed by atoms with Crippen LogP contribution in [-0.4, -0.2) is 12.6 Å². The van der Waals surface area contributed by atoms with Gasteiger partial charge in [0.05, 0.1) is 6.61 Å². The SMILES string of the molecule is CCOC(=O)[CH-]Oc1[c-]cccc1.[Pd+2].c1ccc(P(c2ccccc2)c2ccccc2)cc1.c1ccc(P(c2ccccc2)c2ccccc2)cc1. The number of carbonyl (C=O) groups excluding carboxylic acids is 1. The van der Waals surface area contributed by atoms with Gasteiger partial charge in [-0.05, 0) is 60.3 Å². The maximum Gasteiger partial charge on any atom is 2.00 e. The molecule has 0 aliphatic carbocycles. The van der Waals surface area contributed by atoms with Crippen LogP contribution in [0.25, 0.3) is 0 Å². The second-order valence-electron chi connectivity index (χ2n) is 10.9. The van der Waals surface area contributed by atoms with Gasteiger partial charge in [0.15, 0.2) is 0 Å². The molecular formula is C46H40O3P2Pd. The standard InChI is InChI=1S/2C18H15P.C10H10O3.Pd/c2*1-4-10-16(11-5-1)19(17-12-6-2-7-13-17)18-14-8-3-9-15-18;1-2-12-10(11)8-13-9-6-4-3-5-7-9;/h2*1-15H;3-6,8H,2H2,1H3;/q;;-2;+2. The van der Waals surface area contributed by atoms with Crippen molar-refractivity contribution in [3.63, 3.8) is 0 Å². The van der Waals surface area contributed by atoms with E-state index in [4.69, 9.17) is 4.74 Å². The molecule has 6 heteroatoms. The molecule has 3 nitrogen and oxygen atoms in total. The molecule has 0 radical (unpaired) electrons. The molecular weight excluding hydrogens is 769 g/mol. The first kappa shape index (κ1) is 40.0. The maximum atomic E-state index is 10.8. The van der Waals surface area contributed by atoms with Crippen molar-refractivity contribution in [1.82, 2.24) is 0 Å². The fourth-order valence-electron chi connectivity index (χ4n) is 5.09. The van der Waals surface area contributed by atoms with Gasteiger partial charge in [-0.25, -0.2) is 0 Å². The summed E-state index contributed by atoms with van der Waals surface area (Å²) < 4.78 is 9.60. The molecule has 0 saturated carbocycles. The van der Waals surface area contributed by atoms with Gasteiger partial charge in [-0.2, -0.15) is 18.2 Å². The molecule has 7 aromatic carbocycles. The molecule has 0 heterocycles. The monoisotopic (exact) mass is 808 g/mol. The van der Waals surface area contributed by atoms with Gasteiger partial charge in [-0.3, -0.25) is 4.79 Å². The quantitative estimate of drug-likeness (QED) is 0.0603. The fourth-order valence-corrected chi connectivity index (χ4v) is 9.71. The van der Waals surface area contributed by atoms with Gasteiger partial charge in [-0.1, -0.05) is 182 Å². The first-order valence-corrected chi connectivity index (χ1v) is 19.4. The third-order valence-electron chi connectivity index (χ3n) is 7.34. The van der Waals surface area contributed by atoms with Crippen molar-refractivity contribution in [2.45, 2.75) is 6.92 Å². The zero-order valence-electron chi connectivity index (χ0n) is 28.8. The molecule has 0 fully saturated rings. The van der Waals surface area contributed by atoms with Crippen LogP contribution in [0.1, 0.15) is 6.92 Å². The van der Waals surface area contributed by atoms with Gasteiger partial charge in [0.2, 0.25) is 5.97 Å². The molecule has 52 heavy (non-hydrogen) atoms. The second-order valence-corrected chi connectivity index (χ2v) is 15.3. The number of benzene rings is 7. The summed E-state index contributed by atoms with van der Waals surface area (Å²) in [6, 6.07) is 74.5. The molecule has 0 bridgehead atoms. The summed E-state index contributed by atoms with van der Waals surface area (Å²) in [6.45, 7) is 3.10. The van der Waals surface area contributed by atoms with Crippen molar-refractivity contribution >= 4 is 53.6 Å². The zero-order valence-corrected chi connectivity index (χ0v) is 32.2. The van der Waals surface area contributed by atoms with Crippen LogP contribution < -0.4 is 36.6 Å². The molecule has 0 aliphatic heterocycles. The van der Waals surface area contributed by atoms with Gasteiger partial charge in [0, 0.05) is 0 Å². The van der Waals surface area contributed by atoms with Crippen molar-refractivity contribution in [1.29, 1.82) is 0 Å². The predicted octanol–water partition coefficient (Wildman–Crippen LogP) is 8.48. The minimum atomic E-state index is -0.486. The first-order chi connectivity index (χ1) is 25.2. The number of rotatable bonds is 10. The van der Waals surface area contributed by atoms with E-state index < -0.39 is 21.8 Å². The molecule has 0 N–H and O–H groups in total. The summed E-state index contributed by atoms with van der Waals surface area (Å²) in [4.78, 5) is 10.8. The number of para-hydroxylation sites is 1. The van der Waals surface area contributed by atoms with E-state index >= 15 is 0 Å². The van der Waals surface area contributed by atoms with Crippen molar-refractivity contribution in [3.05, 3.63) is 219 Å². The number of ether oxygens (including phenoxy) is 2. The molecule has 0 spiro atoms. The van der Waals surface area contributed by atoms with E-state index in [0.717, 1.165) is 6.61 Å². The molecule has 262 valence electrons. The largest absolute Gasteiger partial charge is 2.00 e. The Morgan fingerprint density at radius 2 is 0.769 bits per heavy atom. The van der Waals surface area contributed by atoms with E-state index in [1.165, 1.54) is 31.8 Å². The third-order valence-corrected chi connectivity index (χ3v) is 12.2. The summed E-state index contributed by atoms with van der Waals surface area (Å²) >= 11 is 0. The molecule has 7 rings (SSSR count). The van der Waals surface area contributed by atoms with Crippen LogP contribution in [0.5, 0.6) is 5.75 Å². The molecule has 0 amide bonds. The van der Waals surface area contributed by atoms with Crippen molar-refractivity contribution in [3.8, 4) is 5.75 Å². The van der Waals surface area contributed by atoms with Gasteiger partial charge < -0.3 is 9.47 Å². The Labute approximate surface area is 324 Å². The maximum absolute atomic E-state index is 10.8. The van der Waals surface area contributed by atoms with Gasteiger partial charge in [0.1, 0.15) is 0 Å². The van der Waals surface area contributed by atoms with Gasteiger partial charge >= 0.3 is 20.4 Å². The van der Waals surface area contributed by atoms with Crippen LogP contribution in [0.4, 0.5) is 0 Å². The molecule has 0 saturated heterocycles. The van der Waals surface area contributed by atoms with E-state index in [9.17, 15) is 4.79 Å². The molecule has 0 atom stereocenters. The Balaban J connectivity index is 0.000000177. The van der Waals surface area contributed by atoms with Crippen LogP contribution in [0.15, 0.2) is 206 Å². The summed E-state index contributed by atoms with van der Waals surface area (Å²) in [5.74, 6) is 0.00954. The molecule has 0 aliphatic rings.